The van der Waals surface area contributed by atoms with E-state index in [0.29, 0.717) is 0 Å². The standard InChI is InChI=1S/C21H23NO8/c1-27-12(23)8-9-13(24)29-19-17-15-14(16(30-17)18(19)28-2)20(25)22(21(15)26)10-11-6-4-3-5-7-11/h3-7,14-19H,8-10H2,1-2H3/t14?,15?,16-,17?,18+,19?/m0/s1. The van der Waals surface area contributed by atoms with Crippen LogP contribution in [0.25, 0.3) is 0 Å². The maximum Gasteiger partial charge on any atom is 0.306 e. The summed E-state index contributed by atoms with van der Waals surface area (Å²) >= 11 is 0. The average molecular weight is 417 g/mol. The first kappa shape index (κ1) is 20.5. The highest BCUT2D eigenvalue weighted by atomic mass is 16.6. The van der Waals surface area contributed by atoms with Crippen LogP contribution in [0.1, 0.15) is 18.4 Å². The number of nitrogens with zero attached hydrogens (tertiary/aromatic N) is 1. The Morgan fingerprint density at radius 1 is 0.933 bits per heavy atom. The number of likely N-dealkylation sites (tertiary alicyclic amines) is 1. The molecule has 0 aromatic heterocycles. The molecule has 1 aromatic rings. The van der Waals surface area contributed by atoms with E-state index in [-0.39, 0.29) is 31.2 Å². The van der Waals surface area contributed by atoms with Crippen molar-refractivity contribution in [2.45, 2.75) is 43.8 Å². The largest absolute Gasteiger partial charge is 0.469 e. The summed E-state index contributed by atoms with van der Waals surface area (Å²) in [7, 11) is 2.68. The van der Waals surface area contributed by atoms with Crippen molar-refractivity contribution in [1.29, 1.82) is 0 Å². The quantitative estimate of drug-likeness (QED) is 0.465. The summed E-state index contributed by atoms with van der Waals surface area (Å²) in [6, 6.07) is 9.26. The molecule has 0 radical (unpaired) electrons. The van der Waals surface area contributed by atoms with Gasteiger partial charge in [-0.2, -0.15) is 0 Å². The number of ether oxygens (including phenoxy) is 4. The average Bonchev–Trinajstić information content (AvgIpc) is 3.38. The number of carbonyl (C=O) groups is 4. The van der Waals surface area contributed by atoms with Gasteiger partial charge in [0.2, 0.25) is 11.8 Å². The molecule has 4 unspecified atom stereocenters. The highest BCUT2D eigenvalue weighted by Gasteiger charge is 2.70. The Balaban J connectivity index is 1.49. The van der Waals surface area contributed by atoms with Crippen LogP contribution >= 0.6 is 0 Å². The molecule has 2 amide bonds. The minimum atomic E-state index is -0.820. The van der Waals surface area contributed by atoms with Gasteiger partial charge < -0.3 is 18.9 Å². The van der Waals surface area contributed by atoms with Crippen LogP contribution < -0.4 is 0 Å². The van der Waals surface area contributed by atoms with E-state index < -0.39 is 48.2 Å². The van der Waals surface area contributed by atoms with Gasteiger partial charge in [-0.1, -0.05) is 30.3 Å². The lowest BCUT2D eigenvalue weighted by atomic mass is 9.78. The van der Waals surface area contributed by atoms with E-state index in [1.165, 1.54) is 19.1 Å². The third-order valence-electron chi connectivity index (χ3n) is 5.97. The van der Waals surface area contributed by atoms with Gasteiger partial charge in [0.1, 0.15) is 18.3 Å². The fourth-order valence-electron chi connectivity index (χ4n) is 4.59. The Morgan fingerprint density at radius 2 is 1.53 bits per heavy atom. The van der Waals surface area contributed by atoms with Gasteiger partial charge in [0.25, 0.3) is 0 Å². The molecule has 9 heteroatoms. The lowest BCUT2D eigenvalue weighted by Gasteiger charge is -2.31. The first-order chi connectivity index (χ1) is 14.5. The summed E-state index contributed by atoms with van der Waals surface area (Å²) in [5.41, 5.74) is 0.849. The van der Waals surface area contributed by atoms with Crippen molar-refractivity contribution in [1.82, 2.24) is 4.90 Å². The van der Waals surface area contributed by atoms with E-state index in [4.69, 9.17) is 14.2 Å². The fourth-order valence-corrected chi connectivity index (χ4v) is 4.59. The van der Waals surface area contributed by atoms with Crippen molar-refractivity contribution in [3.8, 4) is 0 Å². The minimum Gasteiger partial charge on any atom is -0.469 e. The highest BCUT2D eigenvalue weighted by molar-refractivity contribution is 6.06. The maximum absolute atomic E-state index is 13.1. The SMILES string of the molecule is COC(=O)CCC(=O)OC1C2O[C@@H](C3C(=O)N(Cc4ccccc4)C(=O)C23)[C@H]1OC. The Labute approximate surface area is 173 Å². The van der Waals surface area contributed by atoms with E-state index in [1.54, 1.807) is 0 Å². The predicted octanol–water partition coefficient (Wildman–Crippen LogP) is 0.449. The number of imide groups is 1. The molecule has 3 fully saturated rings. The molecule has 160 valence electrons. The van der Waals surface area contributed by atoms with Crippen LogP contribution in [0.3, 0.4) is 0 Å². The second-order valence-electron chi connectivity index (χ2n) is 7.60. The first-order valence-electron chi connectivity index (χ1n) is 9.80. The van der Waals surface area contributed by atoms with E-state index in [1.807, 2.05) is 30.3 Å². The maximum atomic E-state index is 13.1. The van der Waals surface area contributed by atoms with Crippen molar-refractivity contribution in [3.05, 3.63) is 35.9 Å². The first-order valence-corrected chi connectivity index (χ1v) is 9.80. The molecule has 0 spiro atoms. The van der Waals surface area contributed by atoms with Crippen molar-refractivity contribution in [2.24, 2.45) is 11.8 Å². The zero-order chi connectivity index (χ0) is 21.4. The summed E-state index contributed by atoms with van der Waals surface area (Å²) in [4.78, 5) is 50.8. The molecular weight excluding hydrogens is 394 g/mol. The van der Waals surface area contributed by atoms with Gasteiger partial charge in [0.15, 0.2) is 6.10 Å². The highest BCUT2D eigenvalue weighted by Crippen LogP contribution is 2.50. The van der Waals surface area contributed by atoms with Crippen molar-refractivity contribution >= 4 is 23.8 Å². The topological polar surface area (TPSA) is 108 Å². The van der Waals surface area contributed by atoms with Gasteiger partial charge in [-0.25, -0.2) is 0 Å². The van der Waals surface area contributed by atoms with Gasteiger partial charge in [0.05, 0.1) is 38.3 Å². The molecule has 6 atom stereocenters. The number of amides is 2. The van der Waals surface area contributed by atoms with E-state index in [9.17, 15) is 19.2 Å². The van der Waals surface area contributed by atoms with Gasteiger partial charge in [-0.3, -0.25) is 24.1 Å². The van der Waals surface area contributed by atoms with Crippen LogP contribution in [-0.2, 0) is 44.7 Å². The second kappa shape index (κ2) is 8.16. The number of benzene rings is 1. The summed E-state index contributed by atoms with van der Waals surface area (Å²) in [5.74, 6) is -3.12. The number of hydrogen-bond donors (Lipinski definition) is 0. The van der Waals surface area contributed by atoms with Gasteiger partial charge in [-0.05, 0) is 5.56 Å². The fraction of sp³-hybridized carbons (Fsp3) is 0.524. The molecule has 0 saturated carbocycles. The van der Waals surface area contributed by atoms with Crippen LogP contribution in [0.15, 0.2) is 30.3 Å². The Hall–Kier alpha value is -2.78. The molecule has 0 N–H and O–H groups in total. The van der Waals surface area contributed by atoms with E-state index >= 15 is 0 Å². The molecule has 2 bridgehead atoms. The normalized spacial score (nSPS) is 31.7. The lowest BCUT2D eigenvalue weighted by molar-refractivity contribution is -0.163. The Morgan fingerprint density at radius 3 is 2.13 bits per heavy atom. The molecule has 3 aliphatic heterocycles. The lowest BCUT2D eigenvalue weighted by Crippen LogP contribution is -2.50. The van der Waals surface area contributed by atoms with Crippen LogP contribution in [0.5, 0.6) is 0 Å². The molecule has 3 saturated heterocycles. The van der Waals surface area contributed by atoms with Crippen LogP contribution in [-0.4, -0.2) is 67.3 Å². The summed E-state index contributed by atoms with van der Waals surface area (Å²) < 4.78 is 21.4. The Kier molecular flexibility index (Phi) is 5.57. The molecule has 3 aliphatic rings. The van der Waals surface area contributed by atoms with Crippen molar-refractivity contribution in [3.63, 3.8) is 0 Å². The molecule has 4 rings (SSSR count). The van der Waals surface area contributed by atoms with Gasteiger partial charge >= 0.3 is 11.9 Å². The predicted molar refractivity (Wildman–Crippen MR) is 99.6 cm³/mol. The van der Waals surface area contributed by atoms with E-state index in [2.05, 4.69) is 4.74 Å². The van der Waals surface area contributed by atoms with Gasteiger partial charge in [0, 0.05) is 7.11 Å². The number of rotatable bonds is 7. The molecular formula is C21H23NO8. The number of fused-ring (bicyclic) bond motifs is 5. The Bertz CT molecular complexity index is 856. The third kappa shape index (κ3) is 3.37. The molecule has 3 heterocycles. The van der Waals surface area contributed by atoms with Crippen molar-refractivity contribution < 1.29 is 38.1 Å². The summed E-state index contributed by atoms with van der Waals surface area (Å²) in [5, 5.41) is 0. The summed E-state index contributed by atoms with van der Waals surface area (Å²) in [6.45, 7) is 0.187. The monoisotopic (exact) mass is 417 g/mol. The van der Waals surface area contributed by atoms with E-state index in [0.717, 1.165) is 5.56 Å². The molecule has 0 aliphatic carbocycles. The smallest absolute Gasteiger partial charge is 0.306 e. The second-order valence-corrected chi connectivity index (χ2v) is 7.60. The molecule has 30 heavy (non-hydrogen) atoms. The van der Waals surface area contributed by atoms with Crippen LogP contribution in [0.2, 0.25) is 0 Å². The summed E-state index contributed by atoms with van der Waals surface area (Å²) in [6.07, 6.45) is -3.17. The number of hydrogen-bond acceptors (Lipinski definition) is 8. The zero-order valence-corrected chi connectivity index (χ0v) is 16.7. The van der Waals surface area contributed by atoms with Gasteiger partial charge in [-0.15, -0.1) is 0 Å². The van der Waals surface area contributed by atoms with Crippen molar-refractivity contribution in [2.75, 3.05) is 14.2 Å². The minimum absolute atomic E-state index is 0.108. The molecule has 9 nitrogen and oxygen atoms in total. The van der Waals surface area contributed by atoms with Crippen LogP contribution in [0.4, 0.5) is 0 Å². The third-order valence-corrected chi connectivity index (χ3v) is 5.97. The zero-order valence-electron chi connectivity index (χ0n) is 16.7. The number of methoxy groups -OCH3 is 2. The number of esters is 2. The van der Waals surface area contributed by atoms with Crippen LogP contribution in [0, 0.1) is 11.8 Å². The number of carbonyl (C=O) groups excluding carboxylic acids is 4. The molecule has 1 aromatic carbocycles.